The third-order valence-electron chi connectivity index (χ3n) is 4.50. The number of nitrogens with one attached hydrogen (secondary N) is 2. The highest BCUT2D eigenvalue weighted by Gasteiger charge is 2.08. The summed E-state index contributed by atoms with van der Waals surface area (Å²) in [5.41, 5.74) is 3.03. The van der Waals surface area contributed by atoms with E-state index >= 15 is 0 Å². The van der Waals surface area contributed by atoms with Gasteiger partial charge in [-0.05, 0) is 57.0 Å². The van der Waals surface area contributed by atoms with Gasteiger partial charge in [0.25, 0.3) is 5.91 Å². The van der Waals surface area contributed by atoms with Crippen molar-refractivity contribution in [1.82, 2.24) is 15.5 Å². The minimum atomic E-state index is -0.0307. The van der Waals surface area contributed by atoms with E-state index in [9.17, 15) is 4.79 Å². The van der Waals surface area contributed by atoms with Gasteiger partial charge in [0.2, 0.25) is 0 Å². The average molecular weight is 538 g/mol. The lowest BCUT2D eigenvalue weighted by Gasteiger charge is -2.15. The molecule has 0 saturated heterocycles. The molecule has 2 aromatic rings. The van der Waals surface area contributed by atoms with Crippen molar-refractivity contribution in [3.05, 3.63) is 65.2 Å². The monoisotopic (exact) mass is 538 g/mol. The van der Waals surface area contributed by atoms with Crippen LogP contribution in [0, 0.1) is 6.92 Å². The van der Waals surface area contributed by atoms with Gasteiger partial charge in [-0.3, -0.25) is 4.79 Å². The fourth-order valence-electron chi connectivity index (χ4n) is 2.89. The molecule has 1 atom stereocenters. The third-order valence-corrected chi connectivity index (χ3v) is 4.50. The summed E-state index contributed by atoms with van der Waals surface area (Å²) in [6, 6.07) is 15.8. The Morgan fingerprint density at radius 2 is 1.84 bits per heavy atom. The maximum Gasteiger partial charge on any atom is 0.253 e. The zero-order chi connectivity index (χ0) is 21.9. The maximum atomic E-state index is 12.1. The molecule has 31 heavy (non-hydrogen) atoms. The number of hydrogen-bond donors (Lipinski definition) is 2. The zero-order valence-electron chi connectivity index (χ0n) is 19.1. The van der Waals surface area contributed by atoms with Crippen molar-refractivity contribution >= 4 is 35.8 Å². The van der Waals surface area contributed by atoms with Crippen molar-refractivity contribution in [3.63, 3.8) is 0 Å². The van der Waals surface area contributed by atoms with Crippen molar-refractivity contribution in [1.29, 1.82) is 0 Å². The normalized spacial score (nSPS) is 11.8. The Balaban J connectivity index is 0.00000480. The minimum Gasteiger partial charge on any atom is -0.489 e. The molecule has 0 saturated carbocycles. The summed E-state index contributed by atoms with van der Waals surface area (Å²) in [5, 5.41) is 6.62. The second-order valence-corrected chi connectivity index (χ2v) is 7.54. The van der Waals surface area contributed by atoms with Crippen LogP contribution in [0.4, 0.5) is 0 Å². The molecular weight excluding hydrogens is 503 g/mol. The Labute approximate surface area is 203 Å². The van der Waals surface area contributed by atoms with Crippen molar-refractivity contribution < 1.29 is 9.53 Å². The number of benzene rings is 2. The van der Waals surface area contributed by atoms with Crippen LogP contribution in [-0.4, -0.2) is 56.6 Å². The number of ether oxygens (including phenoxy) is 1. The van der Waals surface area contributed by atoms with Gasteiger partial charge in [-0.2, -0.15) is 0 Å². The van der Waals surface area contributed by atoms with Crippen molar-refractivity contribution in [3.8, 4) is 5.75 Å². The van der Waals surface area contributed by atoms with Gasteiger partial charge in [-0.25, -0.2) is 4.99 Å². The van der Waals surface area contributed by atoms with E-state index in [0.717, 1.165) is 36.8 Å². The lowest BCUT2D eigenvalue weighted by molar-refractivity contribution is 0.0827. The van der Waals surface area contributed by atoms with Gasteiger partial charge in [0.05, 0.1) is 6.54 Å². The average Bonchev–Trinajstić information content (AvgIpc) is 2.73. The summed E-state index contributed by atoms with van der Waals surface area (Å²) in [5.74, 6) is 1.63. The molecule has 6 nitrogen and oxygen atoms in total. The van der Waals surface area contributed by atoms with Crippen LogP contribution >= 0.6 is 24.0 Å². The molecule has 2 rings (SSSR count). The van der Waals surface area contributed by atoms with Crippen LogP contribution in [0.25, 0.3) is 0 Å². The van der Waals surface area contributed by atoms with E-state index in [1.54, 1.807) is 19.0 Å². The number of halogens is 1. The SMILES string of the molecule is CCNC(=NCC(C)Oc1ccc(C)cc1)NCCc1cccc(C(=O)N(C)C)c1.I. The number of aliphatic imine (C=N–C) groups is 1. The predicted molar refractivity (Wildman–Crippen MR) is 139 cm³/mol. The molecule has 2 aromatic carbocycles. The first-order valence-corrected chi connectivity index (χ1v) is 10.4. The van der Waals surface area contributed by atoms with Gasteiger partial charge >= 0.3 is 0 Å². The van der Waals surface area contributed by atoms with Crippen LogP contribution in [0.3, 0.4) is 0 Å². The number of aryl methyl sites for hydroxylation is 1. The van der Waals surface area contributed by atoms with E-state index in [4.69, 9.17) is 4.74 Å². The number of carbonyl (C=O) groups is 1. The molecule has 0 aromatic heterocycles. The summed E-state index contributed by atoms with van der Waals surface area (Å²) in [6.07, 6.45) is 0.769. The molecule has 0 aliphatic carbocycles. The van der Waals surface area contributed by atoms with Gasteiger partial charge in [-0.1, -0.05) is 29.8 Å². The van der Waals surface area contributed by atoms with E-state index in [0.29, 0.717) is 12.1 Å². The van der Waals surface area contributed by atoms with Crippen LogP contribution in [0.5, 0.6) is 5.75 Å². The van der Waals surface area contributed by atoms with Crippen LogP contribution < -0.4 is 15.4 Å². The Hall–Kier alpha value is -2.29. The lowest BCUT2D eigenvalue weighted by Crippen LogP contribution is -2.39. The molecule has 170 valence electrons. The van der Waals surface area contributed by atoms with E-state index in [1.165, 1.54) is 5.56 Å². The Bertz CT molecular complexity index is 838. The van der Waals surface area contributed by atoms with Crippen molar-refractivity contribution in [2.24, 2.45) is 4.99 Å². The van der Waals surface area contributed by atoms with E-state index in [1.807, 2.05) is 62.4 Å². The number of rotatable bonds is 9. The highest BCUT2D eigenvalue weighted by Crippen LogP contribution is 2.13. The third kappa shape index (κ3) is 9.59. The standard InChI is InChI=1S/C24H34N4O2.HI/c1-6-25-24(27-17-19(3)30-22-12-10-18(2)11-13-22)26-15-14-20-8-7-9-21(16-20)23(29)28(4)5;/h7-13,16,19H,6,14-15,17H2,1-5H3,(H2,25,26,27);1H. The summed E-state index contributed by atoms with van der Waals surface area (Å²) >= 11 is 0. The van der Waals surface area contributed by atoms with E-state index in [2.05, 4.69) is 22.5 Å². The van der Waals surface area contributed by atoms with Crippen LogP contribution in [0.1, 0.15) is 35.3 Å². The van der Waals surface area contributed by atoms with E-state index in [-0.39, 0.29) is 36.0 Å². The number of guanidine groups is 1. The molecule has 1 amide bonds. The highest BCUT2D eigenvalue weighted by molar-refractivity contribution is 14.0. The molecule has 0 aliphatic heterocycles. The zero-order valence-corrected chi connectivity index (χ0v) is 21.5. The second-order valence-electron chi connectivity index (χ2n) is 7.54. The molecule has 0 spiro atoms. The molecule has 0 bridgehead atoms. The second kappa shape index (κ2) is 13.9. The molecule has 0 radical (unpaired) electrons. The quantitative estimate of drug-likeness (QED) is 0.289. The predicted octanol–water partition coefficient (Wildman–Crippen LogP) is 3.88. The molecule has 7 heteroatoms. The first kappa shape index (κ1) is 26.7. The van der Waals surface area contributed by atoms with Crippen LogP contribution in [0.15, 0.2) is 53.5 Å². The van der Waals surface area contributed by atoms with Gasteiger partial charge in [0, 0.05) is 32.7 Å². The smallest absolute Gasteiger partial charge is 0.253 e. The molecule has 1 unspecified atom stereocenters. The Morgan fingerprint density at radius 1 is 1.13 bits per heavy atom. The molecule has 0 heterocycles. The summed E-state index contributed by atoms with van der Waals surface area (Å²) in [7, 11) is 3.53. The van der Waals surface area contributed by atoms with E-state index < -0.39 is 0 Å². The topological polar surface area (TPSA) is 66.0 Å². The number of carbonyl (C=O) groups excluding carboxylic acids is 1. The summed E-state index contributed by atoms with van der Waals surface area (Å²) in [4.78, 5) is 18.4. The van der Waals surface area contributed by atoms with Crippen LogP contribution in [-0.2, 0) is 6.42 Å². The largest absolute Gasteiger partial charge is 0.489 e. The fourth-order valence-corrected chi connectivity index (χ4v) is 2.89. The Morgan fingerprint density at radius 3 is 2.48 bits per heavy atom. The molecular formula is C24H35IN4O2. The summed E-state index contributed by atoms with van der Waals surface area (Å²) in [6.45, 7) is 8.17. The Kier molecular flexibility index (Phi) is 12.0. The van der Waals surface area contributed by atoms with Gasteiger partial charge in [0.15, 0.2) is 5.96 Å². The van der Waals surface area contributed by atoms with Crippen molar-refractivity contribution in [2.75, 3.05) is 33.7 Å². The fraction of sp³-hybridized carbons (Fsp3) is 0.417. The summed E-state index contributed by atoms with van der Waals surface area (Å²) < 4.78 is 5.93. The lowest BCUT2D eigenvalue weighted by atomic mass is 10.1. The van der Waals surface area contributed by atoms with Crippen LogP contribution in [0.2, 0.25) is 0 Å². The van der Waals surface area contributed by atoms with Gasteiger partial charge < -0.3 is 20.3 Å². The highest BCUT2D eigenvalue weighted by atomic mass is 127. The molecule has 0 aliphatic rings. The minimum absolute atomic E-state index is 0. The molecule has 2 N–H and O–H groups in total. The van der Waals surface area contributed by atoms with Crippen molar-refractivity contribution in [2.45, 2.75) is 33.3 Å². The van der Waals surface area contributed by atoms with Gasteiger partial charge in [0.1, 0.15) is 11.9 Å². The maximum absolute atomic E-state index is 12.1. The molecule has 0 fully saturated rings. The first-order valence-electron chi connectivity index (χ1n) is 10.4. The number of amides is 1. The number of hydrogen-bond acceptors (Lipinski definition) is 3. The number of nitrogens with zero attached hydrogens (tertiary/aromatic N) is 2. The first-order chi connectivity index (χ1) is 14.4. The van der Waals surface area contributed by atoms with Gasteiger partial charge in [-0.15, -0.1) is 24.0 Å².